The van der Waals surface area contributed by atoms with Gasteiger partial charge in [-0.25, -0.2) is 18.9 Å². The number of alkyl halides is 3. The van der Waals surface area contributed by atoms with E-state index in [9.17, 15) is 17.6 Å². The summed E-state index contributed by atoms with van der Waals surface area (Å²) in [6, 6.07) is 4.90. The first-order chi connectivity index (χ1) is 15.3. The largest absolute Gasteiger partial charge is 0.417 e. The molecule has 32 heavy (non-hydrogen) atoms. The lowest BCUT2D eigenvalue weighted by molar-refractivity contribution is -0.137. The molecule has 166 valence electrons. The van der Waals surface area contributed by atoms with E-state index < -0.39 is 11.7 Å². The van der Waals surface area contributed by atoms with E-state index in [4.69, 9.17) is 0 Å². The normalized spacial score (nSPS) is 16.0. The van der Waals surface area contributed by atoms with Crippen molar-refractivity contribution in [2.75, 3.05) is 5.32 Å². The predicted octanol–water partition coefficient (Wildman–Crippen LogP) is 5.91. The van der Waals surface area contributed by atoms with Crippen LogP contribution in [0.2, 0.25) is 0 Å². The molecule has 0 unspecified atom stereocenters. The third-order valence-corrected chi connectivity index (χ3v) is 5.04. The number of hydrogen-bond donors (Lipinski definition) is 1. The molecule has 9 heteroatoms. The minimum absolute atomic E-state index is 0.365. The van der Waals surface area contributed by atoms with Crippen LogP contribution in [0.25, 0.3) is 11.1 Å². The molecule has 0 atom stereocenters. The number of nitrogens with zero attached hydrogens (tertiary/aromatic N) is 4. The minimum Gasteiger partial charge on any atom is -0.351 e. The van der Waals surface area contributed by atoms with Crippen molar-refractivity contribution in [2.24, 2.45) is 0 Å². The summed E-state index contributed by atoms with van der Waals surface area (Å²) in [7, 11) is 0. The Morgan fingerprint density at radius 3 is 2.53 bits per heavy atom. The quantitative estimate of drug-likeness (QED) is 0.512. The summed E-state index contributed by atoms with van der Waals surface area (Å²) < 4.78 is 52.7. The fourth-order valence-corrected chi connectivity index (χ4v) is 3.21. The smallest absolute Gasteiger partial charge is 0.351 e. The van der Waals surface area contributed by atoms with Crippen molar-refractivity contribution in [1.82, 2.24) is 19.6 Å². The van der Waals surface area contributed by atoms with E-state index in [1.807, 2.05) is 6.07 Å². The first-order valence-electron chi connectivity index (χ1n) is 10.1. The Labute approximate surface area is 182 Å². The maximum atomic E-state index is 13.2. The van der Waals surface area contributed by atoms with Gasteiger partial charge in [0.25, 0.3) is 0 Å². The highest BCUT2D eigenvalue weighted by molar-refractivity contribution is 5.74. The molecule has 1 saturated carbocycles. The second-order valence-corrected chi connectivity index (χ2v) is 7.56. The van der Waals surface area contributed by atoms with Gasteiger partial charge in [-0.3, -0.25) is 0 Å². The van der Waals surface area contributed by atoms with Crippen LogP contribution in [-0.2, 0) is 6.18 Å². The van der Waals surface area contributed by atoms with E-state index in [1.54, 1.807) is 31.5 Å². The molecule has 3 heterocycles. The molecule has 3 aromatic heterocycles. The zero-order valence-electron chi connectivity index (χ0n) is 17.3. The molecular formula is C23H21F4N5. The summed E-state index contributed by atoms with van der Waals surface area (Å²) >= 11 is 0. The van der Waals surface area contributed by atoms with Gasteiger partial charge in [0.15, 0.2) is 0 Å². The number of hydrogen-bond acceptors (Lipinski definition) is 4. The van der Waals surface area contributed by atoms with Gasteiger partial charge in [-0.2, -0.15) is 18.3 Å². The molecule has 5 nitrogen and oxygen atoms in total. The maximum absolute atomic E-state index is 13.2. The summed E-state index contributed by atoms with van der Waals surface area (Å²) in [6.07, 6.45) is 9.00. The summed E-state index contributed by atoms with van der Waals surface area (Å²) in [4.78, 5) is 8.07. The molecule has 2 aliphatic rings. The molecule has 0 bridgehead atoms. The Bertz CT molecular complexity index is 1190. The monoisotopic (exact) mass is 443 g/mol. The second kappa shape index (κ2) is 8.94. The van der Waals surface area contributed by atoms with Crippen molar-refractivity contribution in [3.8, 4) is 0 Å². The molecular weight excluding hydrogens is 422 g/mol. The Hall–Kier alpha value is -3.49. The molecule has 0 radical (unpaired) electrons. The van der Waals surface area contributed by atoms with Crippen LogP contribution in [0.1, 0.15) is 36.1 Å². The summed E-state index contributed by atoms with van der Waals surface area (Å²) in [5.74, 6) is 0.390. The lowest BCUT2D eigenvalue weighted by Crippen LogP contribution is -2.06. The fourth-order valence-electron chi connectivity index (χ4n) is 3.21. The number of pyridine rings is 1. The van der Waals surface area contributed by atoms with Crippen LogP contribution >= 0.6 is 0 Å². The number of anilines is 1. The Morgan fingerprint density at radius 2 is 1.84 bits per heavy atom. The van der Waals surface area contributed by atoms with Crippen molar-refractivity contribution in [1.29, 1.82) is 0 Å². The van der Waals surface area contributed by atoms with Gasteiger partial charge in [0.2, 0.25) is 5.95 Å². The second-order valence-electron chi connectivity index (χ2n) is 7.56. The van der Waals surface area contributed by atoms with Crippen LogP contribution in [-0.4, -0.2) is 25.6 Å². The SMILES string of the molecule is Cc1c(C2=CC=C(F)C=CC2)nn2cc(C(F)(F)F)ccc12.c1cnc(NC2CC2)nc1. The summed E-state index contributed by atoms with van der Waals surface area (Å²) in [5, 5.41) is 7.43. The average Bonchev–Trinajstić information content (AvgIpc) is 3.55. The van der Waals surface area contributed by atoms with Gasteiger partial charge >= 0.3 is 6.18 Å². The molecule has 2 aliphatic carbocycles. The van der Waals surface area contributed by atoms with Crippen LogP contribution < -0.4 is 5.32 Å². The third-order valence-electron chi connectivity index (χ3n) is 5.04. The third kappa shape index (κ3) is 5.22. The first-order valence-corrected chi connectivity index (χ1v) is 10.1. The number of rotatable bonds is 3. The Balaban J connectivity index is 0.000000203. The van der Waals surface area contributed by atoms with Crippen LogP contribution in [0.4, 0.5) is 23.5 Å². The van der Waals surface area contributed by atoms with Crippen LogP contribution in [0, 0.1) is 6.92 Å². The highest BCUT2D eigenvalue weighted by Crippen LogP contribution is 2.31. The van der Waals surface area contributed by atoms with E-state index in [2.05, 4.69) is 20.4 Å². The molecule has 0 aliphatic heterocycles. The zero-order valence-corrected chi connectivity index (χ0v) is 17.3. The fraction of sp³-hybridized carbons (Fsp3) is 0.261. The van der Waals surface area contributed by atoms with Gasteiger partial charge in [-0.15, -0.1) is 0 Å². The topological polar surface area (TPSA) is 55.1 Å². The van der Waals surface area contributed by atoms with E-state index in [0.717, 1.165) is 29.3 Å². The van der Waals surface area contributed by atoms with Crippen LogP contribution in [0.5, 0.6) is 0 Å². The van der Waals surface area contributed by atoms with E-state index in [0.29, 0.717) is 23.7 Å². The average molecular weight is 443 g/mol. The van der Waals surface area contributed by atoms with Gasteiger partial charge < -0.3 is 5.32 Å². The Kier molecular flexibility index (Phi) is 6.07. The van der Waals surface area contributed by atoms with Crippen LogP contribution in [0.15, 0.2) is 66.9 Å². The molecule has 1 fully saturated rings. The van der Waals surface area contributed by atoms with Gasteiger partial charge in [0.1, 0.15) is 5.83 Å². The standard InChI is InChI=1S/C16H12F4N2.C7H9N3/c1-10-14-8-6-12(16(18,19)20)9-22(14)21-15(10)11-3-2-4-13(17)7-5-11;1-4-8-7(9-5-1)10-6-2-3-6/h2,4-9H,3H2,1H3;1,4-6H,2-3H2,(H,8,9,10). The number of aromatic nitrogens is 4. The summed E-state index contributed by atoms with van der Waals surface area (Å²) in [5.41, 5.74) is 1.95. The van der Waals surface area contributed by atoms with Gasteiger partial charge in [-0.05, 0) is 62.1 Å². The van der Waals surface area contributed by atoms with E-state index in [1.165, 1.54) is 35.6 Å². The highest BCUT2D eigenvalue weighted by Gasteiger charge is 2.31. The number of halogens is 4. The maximum Gasteiger partial charge on any atom is 0.417 e. The molecule has 1 N–H and O–H groups in total. The van der Waals surface area contributed by atoms with Crippen molar-refractivity contribution in [3.63, 3.8) is 0 Å². The number of allylic oxidation sites excluding steroid dienone is 6. The first kappa shape index (κ1) is 21.7. The Morgan fingerprint density at radius 1 is 1.09 bits per heavy atom. The predicted molar refractivity (Wildman–Crippen MR) is 115 cm³/mol. The lowest BCUT2D eigenvalue weighted by atomic mass is 10.0. The van der Waals surface area contributed by atoms with Crippen molar-refractivity contribution in [2.45, 2.75) is 38.4 Å². The van der Waals surface area contributed by atoms with E-state index >= 15 is 0 Å². The number of fused-ring (bicyclic) bond motifs is 1. The molecule has 0 spiro atoms. The van der Waals surface area contributed by atoms with Gasteiger partial charge in [0.05, 0.1) is 16.8 Å². The minimum atomic E-state index is -4.41. The highest BCUT2D eigenvalue weighted by atomic mass is 19.4. The van der Waals surface area contributed by atoms with Gasteiger partial charge in [-0.1, -0.05) is 12.2 Å². The van der Waals surface area contributed by atoms with Crippen LogP contribution in [0.3, 0.4) is 0 Å². The molecule has 0 saturated heterocycles. The summed E-state index contributed by atoms with van der Waals surface area (Å²) in [6.45, 7) is 1.79. The molecule has 0 aromatic carbocycles. The number of aryl methyl sites for hydroxylation is 1. The van der Waals surface area contributed by atoms with Crippen molar-refractivity contribution >= 4 is 17.0 Å². The molecule has 3 aromatic rings. The lowest BCUT2D eigenvalue weighted by Gasteiger charge is -2.06. The number of nitrogens with one attached hydrogen (secondary N) is 1. The molecule has 0 amide bonds. The molecule has 5 rings (SSSR count). The van der Waals surface area contributed by atoms with E-state index in [-0.39, 0.29) is 5.83 Å². The van der Waals surface area contributed by atoms with Crippen molar-refractivity contribution in [3.05, 3.63) is 83.7 Å². The van der Waals surface area contributed by atoms with Crippen molar-refractivity contribution < 1.29 is 17.6 Å². The zero-order chi connectivity index (χ0) is 22.7. The van der Waals surface area contributed by atoms with Gasteiger partial charge in [0, 0.05) is 30.2 Å².